The second kappa shape index (κ2) is 8.41. The van der Waals surface area contributed by atoms with Crippen LogP contribution in [0.15, 0.2) is 48.5 Å². The number of para-hydroxylation sites is 2. The van der Waals surface area contributed by atoms with Crippen LogP contribution in [-0.4, -0.2) is 49.7 Å². The van der Waals surface area contributed by atoms with Gasteiger partial charge in [-0.2, -0.15) is 0 Å². The van der Waals surface area contributed by atoms with Gasteiger partial charge in [-0.25, -0.2) is 9.18 Å². The third kappa shape index (κ3) is 4.22. The van der Waals surface area contributed by atoms with Crippen LogP contribution >= 0.6 is 0 Å². The van der Waals surface area contributed by atoms with Gasteiger partial charge in [0.1, 0.15) is 5.82 Å². The summed E-state index contributed by atoms with van der Waals surface area (Å²) < 4.78 is 13.3. The van der Waals surface area contributed by atoms with Crippen LogP contribution in [0.5, 0.6) is 0 Å². The minimum atomic E-state index is -0.247. The van der Waals surface area contributed by atoms with Crippen molar-refractivity contribution in [3.8, 4) is 0 Å². The zero-order valence-corrected chi connectivity index (χ0v) is 17.1. The highest BCUT2D eigenvalue weighted by Crippen LogP contribution is 2.37. The Hall–Kier alpha value is -2.60. The molecule has 1 N–H and O–H groups in total. The molecular weight excluding hydrogens is 367 g/mol. The van der Waals surface area contributed by atoms with Crippen LogP contribution < -0.4 is 15.1 Å². The van der Waals surface area contributed by atoms with Gasteiger partial charge in [0.2, 0.25) is 0 Å². The number of urea groups is 1. The first-order valence-electron chi connectivity index (χ1n) is 10.4. The molecule has 0 saturated carbocycles. The molecule has 2 heterocycles. The van der Waals surface area contributed by atoms with E-state index in [9.17, 15) is 9.18 Å². The topological polar surface area (TPSA) is 38.8 Å². The smallest absolute Gasteiger partial charge is 0.322 e. The van der Waals surface area contributed by atoms with Gasteiger partial charge >= 0.3 is 6.03 Å². The number of hydrogen-bond donors (Lipinski definition) is 1. The van der Waals surface area contributed by atoms with Crippen molar-refractivity contribution in [2.24, 2.45) is 5.92 Å². The Morgan fingerprint density at radius 1 is 1.07 bits per heavy atom. The lowest BCUT2D eigenvalue weighted by Gasteiger charge is -2.37. The number of amides is 2. The van der Waals surface area contributed by atoms with Crippen molar-refractivity contribution in [2.45, 2.75) is 26.3 Å². The largest absolute Gasteiger partial charge is 0.338 e. The summed E-state index contributed by atoms with van der Waals surface area (Å²) in [6.45, 7) is 8.56. The maximum atomic E-state index is 13.3. The maximum absolute atomic E-state index is 13.3. The second-order valence-electron chi connectivity index (χ2n) is 8.20. The average molecular weight is 397 g/mol. The number of carbonyl (C=O) groups is 1. The van der Waals surface area contributed by atoms with Crippen molar-refractivity contribution in [2.75, 3.05) is 42.5 Å². The number of fused-ring (bicyclic) bond motifs is 1. The van der Waals surface area contributed by atoms with Gasteiger partial charge in [0.15, 0.2) is 0 Å². The molecule has 4 rings (SSSR count). The Kier molecular flexibility index (Phi) is 5.72. The molecule has 0 spiro atoms. The number of anilines is 3. The monoisotopic (exact) mass is 396 g/mol. The molecule has 2 amide bonds. The number of halogens is 1. The van der Waals surface area contributed by atoms with Gasteiger partial charge in [0, 0.05) is 37.9 Å². The molecule has 5 nitrogen and oxygen atoms in total. The van der Waals surface area contributed by atoms with E-state index in [1.165, 1.54) is 12.1 Å². The van der Waals surface area contributed by atoms with Gasteiger partial charge in [-0.15, -0.1) is 0 Å². The number of nitrogens with zero attached hydrogens (tertiary/aromatic N) is 3. The van der Waals surface area contributed by atoms with E-state index in [1.807, 2.05) is 29.2 Å². The Morgan fingerprint density at radius 3 is 2.48 bits per heavy atom. The normalized spacial score (nSPS) is 19.5. The molecule has 2 aliphatic rings. The predicted octanol–water partition coefficient (Wildman–Crippen LogP) is 4.22. The molecule has 154 valence electrons. The standard InChI is InChI=1S/C23H29FN4O/c1-17(2)26-12-11-18(16-26)15-25-23(29)28-14-13-27(20-9-7-19(24)8-10-20)21-5-3-4-6-22(21)28/h3-10,17-18H,11-16H2,1-2H3,(H,25,29)/t18-/m1/s1. The minimum Gasteiger partial charge on any atom is -0.338 e. The van der Waals surface area contributed by atoms with E-state index in [1.54, 1.807) is 12.1 Å². The summed E-state index contributed by atoms with van der Waals surface area (Å²) in [6.07, 6.45) is 1.13. The van der Waals surface area contributed by atoms with E-state index in [4.69, 9.17) is 0 Å². The lowest BCUT2D eigenvalue weighted by molar-refractivity contribution is 0.242. The summed E-state index contributed by atoms with van der Waals surface area (Å²) >= 11 is 0. The lowest BCUT2D eigenvalue weighted by atomic mass is 10.1. The summed E-state index contributed by atoms with van der Waals surface area (Å²) in [4.78, 5) is 19.4. The number of rotatable bonds is 4. The first-order valence-corrected chi connectivity index (χ1v) is 10.4. The number of likely N-dealkylation sites (tertiary alicyclic amines) is 1. The zero-order chi connectivity index (χ0) is 20.4. The molecule has 1 atom stereocenters. The molecule has 0 bridgehead atoms. The van der Waals surface area contributed by atoms with Crippen molar-refractivity contribution in [1.82, 2.24) is 10.2 Å². The van der Waals surface area contributed by atoms with E-state index in [0.29, 0.717) is 31.6 Å². The number of benzene rings is 2. The maximum Gasteiger partial charge on any atom is 0.322 e. The predicted molar refractivity (Wildman–Crippen MR) is 115 cm³/mol. The van der Waals surface area contributed by atoms with Crippen molar-refractivity contribution in [3.63, 3.8) is 0 Å². The van der Waals surface area contributed by atoms with E-state index < -0.39 is 0 Å². The van der Waals surface area contributed by atoms with E-state index in [-0.39, 0.29) is 11.8 Å². The zero-order valence-electron chi connectivity index (χ0n) is 17.1. The minimum absolute atomic E-state index is 0.0424. The molecule has 2 aliphatic heterocycles. The molecule has 2 aromatic carbocycles. The summed E-state index contributed by atoms with van der Waals surface area (Å²) in [7, 11) is 0. The highest BCUT2D eigenvalue weighted by Gasteiger charge is 2.29. The fraction of sp³-hybridized carbons (Fsp3) is 0.435. The SMILES string of the molecule is CC(C)N1CC[C@H](CNC(=O)N2CCN(c3ccc(F)cc3)c3ccccc32)C1. The highest BCUT2D eigenvalue weighted by atomic mass is 19.1. The summed E-state index contributed by atoms with van der Waals surface area (Å²) in [5, 5.41) is 3.15. The van der Waals surface area contributed by atoms with Crippen LogP contribution in [0.25, 0.3) is 0 Å². The van der Waals surface area contributed by atoms with E-state index in [0.717, 1.165) is 36.6 Å². The van der Waals surface area contributed by atoms with Crippen molar-refractivity contribution >= 4 is 23.1 Å². The Balaban J connectivity index is 1.45. The second-order valence-corrected chi connectivity index (χ2v) is 8.20. The third-order valence-corrected chi connectivity index (χ3v) is 5.98. The molecular formula is C23H29FN4O. The molecule has 2 aromatic rings. The molecule has 0 aromatic heterocycles. The number of carbonyl (C=O) groups excluding carboxylic acids is 1. The van der Waals surface area contributed by atoms with Gasteiger partial charge in [-0.05, 0) is 69.1 Å². The summed E-state index contributed by atoms with van der Waals surface area (Å²) in [6, 6.07) is 14.9. The van der Waals surface area contributed by atoms with E-state index >= 15 is 0 Å². The van der Waals surface area contributed by atoms with Gasteiger partial charge in [0.05, 0.1) is 11.4 Å². The van der Waals surface area contributed by atoms with Crippen molar-refractivity contribution in [1.29, 1.82) is 0 Å². The molecule has 29 heavy (non-hydrogen) atoms. The Bertz CT molecular complexity index is 854. The summed E-state index contributed by atoms with van der Waals surface area (Å²) in [5.41, 5.74) is 2.78. The van der Waals surface area contributed by atoms with Crippen LogP contribution in [0.1, 0.15) is 20.3 Å². The number of nitrogens with one attached hydrogen (secondary N) is 1. The van der Waals surface area contributed by atoms with Crippen LogP contribution in [0.3, 0.4) is 0 Å². The summed E-state index contributed by atoms with van der Waals surface area (Å²) in [5.74, 6) is 0.264. The first kappa shape index (κ1) is 19.7. The van der Waals surface area contributed by atoms with Gasteiger partial charge in [0.25, 0.3) is 0 Å². The van der Waals surface area contributed by atoms with Crippen molar-refractivity contribution < 1.29 is 9.18 Å². The van der Waals surface area contributed by atoms with Gasteiger partial charge < -0.3 is 15.1 Å². The van der Waals surface area contributed by atoms with Crippen LogP contribution in [0, 0.1) is 11.7 Å². The molecule has 0 radical (unpaired) electrons. The Labute approximate surface area is 172 Å². The van der Waals surface area contributed by atoms with Gasteiger partial charge in [-0.3, -0.25) is 4.90 Å². The lowest BCUT2D eigenvalue weighted by Crippen LogP contribution is -2.48. The molecule has 6 heteroatoms. The third-order valence-electron chi connectivity index (χ3n) is 5.98. The van der Waals surface area contributed by atoms with Crippen molar-refractivity contribution in [3.05, 3.63) is 54.3 Å². The van der Waals surface area contributed by atoms with Crippen LogP contribution in [-0.2, 0) is 0 Å². The highest BCUT2D eigenvalue weighted by molar-refractivity contribution is 5.97. The average Bonchev–Trinajstić information content (AvgIpc) is 3.21. The fourth-order valence-corrected chi connectivity index (χ4v) is 4.29. The van der Waals surface area contributed by atoms with Crippen LogP contribution in [0.4, 0.5) is 26.2 Å². The Morgan fingerprint density at radius 2 is 1.79 bits per heavy atom. The quantitative estimate of drug-likeness (QED) is 0.841. The molecule has 1 fully saturated rings. The first-order chi connectivity index (χ1) is 14.0. The van der Waals surface area contributed by atoms with Crippen LogP contribution in [0.2, 0.25) is 0 Å². The van der Waals surface area contributed by atoms with Gasteiger partial charge in [-0.1, -0.05) is 12.1 Å². The number of hydrogen-bond acceptors (Lipinski definition) is 3. The fourth-order valence-electron chi connectivity index (χ4n) is 4.29. The molecule has 0 aliphatic carbocycles. The van der Waals surface area contributed by atoms with E-state index in [2.05, 4.69) is 29.0 Å². The molecule has 0 unspecified atom stereocenters. The molecule has 1 saturated heterocycles.